The van der Waals surface area contributed by atoms with Gasteiger partial charge in [-0.25, -0.2) is 4.98 Å². The van der Waals surface area contributed by atoms with Crippen LogP contribution in [0.1, 0.15) is 6.92 Å². The summed E-state index contributed by atoms with van der Waals surface area (Å²) in [5, 5.41) is 5.86. The fourth-order valence-electron chi connectivity index (χ4n) is 1.02. The van der Waals surface area contributed by atoms with Crippen LogP contribution in [0.15, 0.2) is 11.6 Å². The molecule has 2 heterocycles. The van der Waals surface area contributed by atoms with Crippen molar-refractivity contribution in [2.45, 2.75) is 12.5 Å². The van der Waals surface area contributed by atoms with Crippen LogP contribution in [0.3, 0.4) is 0 Å². The van der Waals surface area contributed by atoms with Crippen molar-refractivity contribution in [3.63, 3.8) is 0 Å². The van der Waals surface area contributed by atoms with Gasteiger partial charge in [-0.15, -0.1) is 0 Å². The molecule has 0 spiro atoms. The third kappa shape index (κ3) is 1.36. The molecule has 0 aromatic carbocycles. The highest BCUT2D eigenvalue weighted by atomic mass is 32.1. The molecule has 1 aliphatic rings. The molecule has 2 rings (SSSR count). The predicted octanol–water partition coefficient (Wildman–Crippen LogP) is 0.884. The summed E-state index contributed by atoms with van der Waals surface area (Å²) >= 11 is 1.54. The molecule has 0 aliphatic carbocycles. The topological polar surface area (TPSA) is 34.1 Å². The number of hydrogen-bond donors (Lipinski definition) is 1. The summed E-state index contributed by atoms with van der Waals surface area (Å²) in [5.74, 6) is 0. The lowest BCUT2D eigenvalue weighted by Crippen LogP contribution is -2.60. The number of thiazole rings is 1. The second-order valence-electron chi connectivity index (χ2n) is 2.95. The molecule has 11 heavy (non-hydrogen) atoms. The van der Waals surface area contributed by atoms with Gasteiger partial charge in [0.05, 0.1) is 0 Å². The summed E-state index contributed by atoms with van der Waals surface area (Å²) in [4.78, 5) is 4.05. The van der Waals surface area contributed by atoms with Gasteiger partial charge in [0, 0.05) is 24.7 Å². The highest BCUT2D eigenvalue weighted by Crippen LogP contribution is 2.22. The highest BCUT2D eigenvalue weighted by molar-refractivity contribution is 7.11. The van der Waals surface area contributed by atoms with Crippen LogP contribution in [-0.4, -0.2) is 23.7 Å². The summed E-state index contributed by atoms with van der Waals surface area (Å²) in [6, 6.07) is 0. The summed E-state index contributed by atoms with van der Waals surface area (Å²) in [5.41, 5.74) is -0.0160. The predicted molar refractivity (Wildman–Crippen MR) is 44.0 cm³/mol. The van der Waals surface area contributed by atoms with Gasteiger partial charge in [-0.3, -0.25) is 0 Å². The number of hydrogen-bond acceptors (Lipinski definition) is 4. The lowest BCUT2D eigenvalue weighted by Gasteiger charge is -2.38. The van der Waals surface area contributed by atoms with Crippen molar-refractivity contribution >= 4 is 11.3 Å². The van der Waals surface area contributed by atoms with Crippen LogP contribution in [0.2, 0.25) is 0 Å². The van der Waals surface area contributed by atoms with Gasteiger partial charge in [0.15, 0.2) is 0 Å². The molecule has 1 aromatic rings. The van der Waals surface area contributed by atoms with Gasteiger partial charge < -0.3 is 10.1 Å². The monoisotopic (exact) mass is 170 g/mol. The minimum atomic E-state index is -0.0160. The smallest absolute Gasteiger partial charge is 0.273 e. The minimum absolute atomic E-state index is 0.0160. The van der Waals surface area contributed by atoms with Crippen molar-refractivity contribution in [1.82, 2.24) is 10.3 Å². The first-order valence-corrected chi connectivity index (χ1v) is 4.46. The molecule has 0 radical (unpaired) electrons. The van der Waals surface area contributed by atoms with Crippen LogP contribution in [0.25, 0.3) is 0 Å². The fraction of sp³-hybridized carbons (Fsp3) is 0.571. The molecule has 0 amide bonds. The number of nitrogens with one attached hydrogen (secondary N) is 1. The Labute approximate surface area is 69.4 Å². The molecule has 0 saturated carbocycles. The van der Waals surface area contributed by atoms with Crippen molar-refractivity contribution in [3.8, 4) is 5.19 Å². The van der Waals surface area contributed by atoms with E-state index >= 15 is 0 Å². The van der Waals surface area contributed by atoms with Crippen molar-refractivity contribution < 1.29 is 4.74 Å². The van der Waals surface area contributed by atoms with Crippen LogP contribution in [0.5, 0.6) is 5.19 Å². The van der Waals surface area contributed by atoms with E-state index in [9.17, 15) is 0 Å². The number of rotatable bonds is 2. The first-order valence-electron chi connectivity index (χ1n) is 3.58. The summed E-state index contributed by atoms with van der Waals surface area (Å²) < 4.78 is 5.62. The Balaban J connectivity index is 2.00. The Morgan fingerprint density at radius 1 is 1.73 bits per heavy atom. The van der Waals surface area contributed by atoms with E-state index in [-0.39, 0.29) is 5.60 Å². The SMILES string of the molecule is CC1(Oc2nccs2)CNC1. The van der Waals surface area contributed by atoms with E-state index in [1.54, 1.807) is 6.20 Å². The van der Waals surface area contributed by atoms with E-state index in [0.29, 0.717) is 0 Å². The summed E-state index contributed by atoms with van der Waals surface area (Å²) in [6.07, 6.45) is 1.76. The van der Waals surface area contributed by atoms with Crippen molar-refractivity contribution in [3.05, 3.63) is 11.6 Å². The quantitative estimate of drug-likeness (QED) is 0.715. The number of aromatic nitrogens is 1. The maximum Gasteiger partial charge on any atom is 0.273 e. The molecule has 1 aliphatic heterocycles. The molecule has 0 bridgehead atoms. The Morgan fingerprint density at radius 2 is 2.55 bits per heavy atom. The maximum absolute atomic E-state index is 5.62. The molecule has 1 saturated heterocycles. The lowest BCUT2D eigenvalue weighted by molar-refractivity contribution is 0.0346. The zero-order valence-electron chi connectivity index (χ0n) is 6.33. The molecule has 1 fully saturated rings. The van der Waals surface area contributed by atoms with Gasteiger partial charge in [-0.2, -0.15) is 0 Å². The van der Waals surface area contributed by atoms with E-state index in [2.05, 4.69) is 17.2 Å². The minimum Gasteiger partial charge on any atom is -0.461 e. The number of nitrogens with zero attached hydrogens (tertiary/aromatic N) is 1. The molecule has 60 valence electrons. The van der Waals surface area contributed by atoms with Crippen LogP contribution in [-0.2, 0) is 0 Å². The Hall–Kier alpha value is -0.610. The van der Waals surface area contributed by atoms with Gasteiger partial charge in [0.1, 0.15) is 5.60 Å². The second-order valence-corrected chi connectivity index (χ2v) is 3.81. The van der Waals surface area contributed by atoms with E-state index in [0.717, 1.165) is 18.3 Å². The van der Waals surface area contributed by atoms with E-state index < -0.39 is 0 Å². The third-order valence-corrected chi connectivity index (χ3v) is 2.39. The molecule has 0 atom stereocenters. The Bertz CT molecular complexity index is 231. The van der Waals surface area contributed by atoms with Crippen LogP contribution in [0, 0.1) is 0 Å². The van der Waals surface area contributed by atoms with Crippen LogP contribution >= 0.6 is 11.3 Å². The Kier molecular flexibility index (Phi) is 1.58. The zero-order valence-corrected chi connectivity index (χ0v) is 7.15. The summed E-state index contributed by atoms with van der Waals surface area (Å²) in [6.45, 7) is 3.93. The van der Waals surface area contributed by atoms with Gasteiger partial charge in [-0.05, 0) is 6.92 Å². The second kappa shape index (κ2) is 2.46. The molecular weight excluding hydrogens is 160 g/mol. The van der Waals surface area contributed by atoms with Crippen molar-refractivity contribution in [2.24, 2.45) is 0 Å². The molecular formula is C7H10N2OS. The van der Waals surface area contributed by atoms with E-state index in [4.69, 9.17) is 4.74 Å². The van der Waals surface area contributed by atoms with Gasteiger partial charge in [0.2, 0.25) is 0 Å². The molecule has 1 aromatic heterocycles. The average Bonchev–Trinajstić information content (AvgIpc) is 2.36. The number of ether oxygens (including phenoxy) is 1. The lowest BCUT2D eigenvalue weighted by atomic mass is 10.0. The first-order chi connectivity index (χ1) is 5.29. The van der Waals surface area contributed by atoms with Crippen molar-refractivity contribution in [2.75, 3.05) is 13.1 Å². The molecule has 3 nitrogen and oxygen atoms in total. The highest BCUT2D eigenvalue weighted by Gasteiger charge is 2.34. The van der Waals surface area contributed by atoms with Gasteiger partial charge in [-0.1, -0.05) is 11.3 Å². The normalized spacial score (nSPS) is 20.8. The zero-order chi connectivity index (χ0) is 7.73. The van der Waals surface area contributed by atoms with E-state index in [1.165, 1.54) is 11.3 Å². The third-order valence-electron chi connectivity index (χ3n) is 1.74. The molecule has 1 N–H and O–H groups in total. The molecule has 4 heteroatoms. The van der Waals surface area contributed by atoms with Crippen LogP contribution in [0.4, 0.5) is 0 Å². The standard InChI is InChI=1S/C7H10N2OS/c1-7(4-8-5-7)10-6-9-2-3-11-6/h2-3,8H,4-5H2,1H3. The largest absolute Gasteiger partial charge is 0.461 e. The van der Waals surface area contributed by atoms with E-state index in [1.807, 2.05) is 5.38 Å². The average molecular weight is 170 g/mol. The van der Waals surface area contributed by atoms with Gasteiger partial charge >= 0.3 is 0 Å². The molecule has 0 unspecified atom stereocenters. The maximum atomic E-state index is 5.62. The summed E-state index contributed by atoms with van der Waals surface area (Å²) in [7, 11) is 0. The van der Waals surface area contributed by atoms with Gasteiger partial charge in [0.25, 0.3) is 5.19 Å². The van der Waals surface area contributed by atoms with Crippen molar-refractivity contribution in [1.29, 1.82) is 0 Å². The fourth-order valence-corrected chi connectivity index (χ4v) is 1.63. The van der Waals surface area contributed by atoms with Crippen LogP contribution < -0.4 is 10.1 Å². The first kappa shape index (κ1) is 7.06. The Morgan fingerprint density at radius 3 is 3.00 bits per heavy atom.